The van der Waals surface area contributed by atoms with Gasteiger partial charge >= 0.3 is 0 Å². The Labute approximate surface area is 118 Å². The largest absolute Gasteiger partial charge is 0.496 e. The van der Waals surface area contributed by atoms with Crippen LogP contribution in [0.4, 0.5) is 16.2 Å². The van der Waals surface area contributed by atoms with Crippen molar-refractivity contribution in [3.05, 3.63) is 28.5 Å². The van der Waals surface area contributed by atoms with E-state index < -0.39 is 5.82 Å². The molecule has 0 spiro atoms. The summed E-state index contributed by atoms with van der Waals surface area (Å²) in [5.74, 6) is -0.705. The molecule has 0 atom stereocenters. The number of nitrogen functional groups attached to an aromatic ring is 2. The summed E-state index contributed by atoms with van der Waals surface area (Å²) in [6, 6.07) is 4.36. The molecule has 0 aliphatic heterocycles. The summed E-state index contributed by atoms with van der Waals surface area (Å²) in [7, 11) is 1.38. The van der Waals surface area contributed by atoms with E-state index in [1.165, 1.54) is 13.2 Å². The van der Waals surface area contributed by atoms with E-state index in [1.807, 2.05) is 6.07 Å². The number of hydrogen-bond donors (Lipinski definition) is 2. The maximum Gasteiger partial charge on any atom is 0.222 e. The number of ether oxygens (including phenoxy) is 1. The van der Waals surface area contributed by atoms with Crippen molar-refractivity contribution in [3.8, 4) is 23.1 Å². The van der Waals surface area contributed by atoms with Crippen LogP contribution < -0.4 is 16.2 Å². The minimum Gasteiger partial charge on any atom is -0.496 e. The number of nitriles is 1. The highest BCUT2D eigenvalue weighted by Gasteiger charge is 2.21. The highest BCUT2D eigenvalue weighted by atomic mass is 35.5. The van der Waals surface area contributed by atoms with Crippen molar-refractivity contribution in [2.45, 2.75) is 0 Å². The van der Waals surface area contributed by atoms with E-state index in [9.17, 15) is 4.39 Å². The molecule has 4 N–H and O–H groups in total. The number of hydrogen-bond acceptors (Lipinski definition) is 6. The Hall–Kier alpha value is -2.59. The minimum absolute atomic E-state index is 0.0267. The van der Waals surface area contributed by atoms with Crippen molar-refractivity contribution in [2.75, 3.05) is 18.6 Å². The van der Waals surface area contributed by atoms with E-state index in [0.29, 0.717) is 0 Å². The Kier molecular flexibility index (Phi) is 3.59. The summed E-state index contributed by atoms with van der Waals surface area (Å²) in [5, 5.41) is 8.91. The molecule has 102 valence electrons. The predicted octanol–water partition coefficient (Wildman–Crippen LogP) is 1.98. The minimum atomic E-state index is -0.679. The third-order valence-corrected chi connectivity index (χ3v) is 2.95. The van der Waals surface area contributed by atoms with E-state index in [4.69, 9.17) is 33.1 Å². The van der Waals surface area contributed by atoms with Crippen molar-refractivity contribution in [3.63, 3.8) is 0 Å². The quantitative estimate of drug-likeness (QED) is 0.876. The van der Waals surface area contributed by atoms with Crippen LogP contribution in [0.25, 0.3) is 11.3 Å². The van der Waals surface area contributed by atoms with Crippen molar-refractivity contribution in [1.29, 1.82) is 5.26 Å². The van der Waals surface area contributed by atoms with E-state index >= 15 is 0 Å². The van der Waals surface area contributed by atoms with Crippen LogP contribution in [0.2, 0.25) is 5.02 Å². The fourth-order valence-corrected chi connectivity index (χ4v) is 1.96. The van der Waals surface area contributed by atoms with Crippen molar-refractivity contribution >= 4 is 23.4 Å². The van der Waals surface area contributed by atoms with Gasteiger partial charge in [0, 0.05) is 0 Å². The molecule has 0 amide bonds. The number of aromatic nitrogens is 2. The molecule has 6 nitrogen and oxygen atoms in total. The summed E-state index contributed by atoms with van der Waals surface area (Å²) < 4.78 is 18.8. The molecule has 0 fully saturated rings. The first kappa shape index (κ1) is 13.8. The molecule has 20 heavy (non-hydrogen) atoms. The Balaban J connectivity index is 2.88. The molecule has 2 rings (SSSR count). The predicted molar refractivity (Wildman–Crippen MR) is 72.5 cm³/mol. The maximum atomic E-state index is 13.6. The number of anilines is 2. The highest BCUT2D eigenvalue weighted by molar-refractivity contribution is 6.33. The second-order valence-corrected chi connectivity index (χ2v) is 4.12. The SMILES string of the molecule is COc1ccc(F)c(Cl)c1-c1nc(N)nc(N)c1C#N. The number of benzene rings is 1. The zero-order valence-electron chi connectivity index (χ0n) is 10.3. The second-order valence-electron chi connectivity index (χ2n) is 3.74. The van der Waals surface area contributed by atoms with Gasteiger partial charge in [0.15, 0.2) is 0 Å². The summed E-state index contributed by atoms with van der Waals surface area (Å²) in [4.78, 5) is 7.60. The van der Waals surface area contributed by atoms with Gasteiger partial charge in [0.2, 0.25) is 5.95 Å². The van der Waals surface area contributed by atoms with E-state index in [0.717, 1.165) is 6.07 Å². The number of nitrogens with two attached hydrogens (primary N) is 2. The van der Waals surface area contributed by atoms with E-state index in [2.05, 4.69) is 9.97 Å². The lowest BCUT2D eigenvalue weighted by molar-refractivity contribution is 0.415. The molecule has 1 aromatic heterocycles. The maximum absolute atomic E-state index is 13.6. The van der Waals surface area contributed by atoms with Gasteiger partial charge in [-0.05, 0) is 12.1 Å². The molecule has 0 aliphatic rings. The van der Waals surface area contributed by atoms with Gasteiger partial charge in [-0.3, -0.25) is 0 Å². The summed E-state index contributed by atoms with van der Waals surface area (Å²) in [6.45, 7) is 0. The first-order chi connectivity index (χ1) is 9.49. The fourth-order valence-electron chi connectivity index (χ4n) is 1.71. The molecule has 0 saturated heterocycles. The first-order valence-corrected chi connectivity index (χ1v) is 5.72. The molecule has 0 saturated carbocycles. The molecule has 0 bridgehead atoms. The van der Waals surface area contributed by atoms with Crippen LogP contribution in [-0.4, -0.2) is 17.1 Å². The number of halogens is 2. The molecule has 2 aromatic rings. The lowest BCUT2D eigenvalue weighted by Gasteiger charge is -2.12. The Bertz CT molecular complexity index is 729. The summed E-state index contributed by atoms with van der Waals surface area (Å²) in [5.41, 5.74) is 11.2. The van der Waals surface area contributed by atoms with Crippen LogP contribution in [0.15, 0.2) is 12.1 Å². The van der Waals surface area contributed by atoms with Gasteiger partial charge in [-0.25, -0.2) is 9.37 Å². The Morgan fingerprint density at radius 1 is 1.35 bits per heavy atom. The number of methoxy groups -OCH3 is 1. The van der Waals surface area contributed by atoms with Gasteiger partial charge in [-0.15, -0.1) is 0 Å². The van der Waals surface area contributed by atoms with Crippen molar-refractivity contribution in [2.24, 2.45) is 0 Å². The lowest BCUT2D eigenvalue weighted by atomic mass is 10.1. The standard InChI is InChI=1S/C12H9ClFN5O/c1-20-7-3-2-6(14)9(13)8(7)10-5(4-15)11(16)19-12(17)18-10/h2-3H,1H3,(H4,16,17,18,19). The third-order valence-electron chi connectivity index (χ3n) is 2.58. The van der Waals surface area contributed by atoms with Gasteiger partial charge in [0.1, 0.15) is 34.7 Å². The van der Waals surface area contributed by atoms with Gasteiger partial charge in [-0.1, -0.05) is 11.6 Å². The topological polar surface area (TPSA) is 111 Å². The lowest BCUT2D eigenvalue weighted by Crippen LogP contribution is -2.06. The molecule has 1 aromatic carbocycles. The number of rotatable bonds is 2. The van der Waals surface area contributed by atoms with E-state index in [1.54, 1.807) is 0 Å². The average molecular weight is 294 g/mol. The van der Waals surface area contributed by atoms with Crippen molar-refractivity contribution < 1.29 is 9.13 Å². The zero-order chi connectivity index (χ0) is 14.9. The molecule has 0 radical (unpaired) electrons. The third kappa shape index (κ3) is 2.17. The van der Waals surface area contributed by atoms with E-state index in [-0.39, 0.29) is 39.4 Å². The number of nitrogens with zero attached hydrogens (tertiary/aromatic N) is 3. The van der Waals surface area contributed by atoms with Crippen LogP contribution in [0, 0.1) is 17.1 Å². The first-order valence-electron chi connectivity index (χ1n) is 5.35. The van der Waals surface area contributed by atoms with Crippen LogP contribution in [-0.2, 0) is 0 Å². The van der Waals surface area contributed by atoms with Crippen LogP contribution >= 0.6 is 11.6 Å². The zero-order valence-corrected chi connectivity index (χ0v) is 11.1. The van der Waals surface area contributed by atoms with Crippen LogP contribution in [0.3, 0.4) is 0 Å². The molecule has 1 heterocycles. The smallest absolute Gasteiger partial charge is 0.222 e. The fraction of sp³-hybridized carbons (Fsp3) is 0.0833. The van der Waals surface area contributed by atoms with Gasteiger partial charge in [-0.2, -0.15) is 10.2 Å². The molecule has 8 heteroatoms. The Morgan fingerprint density at radius 3 is 2.65 bits per heavy atom. The summed E-state index contributed by atoms with van der Waals surface area (Å²) in [6.07, 6.45) is 0. The molecular weight excluding hydrogens is 285 g/mol. The van der Waals surface area contributed by atoms with Gasteiger partial charge < -0.3 is 16.2 Å². The average Bonchev–Trinajstić information content (AvgIpc) is 2.41. The monoisotopic (exact) mass is 293 g/mol. The molecule has 0 unspecified atom stereocenters. The Morgan fingerprint density at radius 2 is 2.05 bits per heavy atom. The van der Waals surface area contributed by atoms with Gasteiger partial charge in [0.25, 0.3) is 0 Å². The van der Waals surface area contributed by atoms with Crippen LogP contribution in [0.1, 0.15) is 5.56 Å². The van der Waals surface area contributed by atoms with Gasteiger partial charge in [0.05, 0.1) is 17.7 Å². The van der Waals surface area contributed by atoms with Crippen molar-refractivity contribution in [1.82, 2.24) is 9.97 Å². The normalized spacial score (nSPS) is 10.1. The summed E-state index contributed by atoms with van der Waals surface area (Å²) >= 11 is 5.94. The molecule has 0 aliphatic carbocycles. The highest BCUT2D eigenvalue weighted by Crippen LogP contribution is 2.39. The van der Waals surface area contributed by atoms with Crippen LogP contribution in [0.5, 0.6) is 5.75 Å². The molecular formula is C12H9ClFN5O. The second kappa shape index (κ2) is 5.19.